The van der Waals surface area contributed by atoms with E-state index in [2.05, 4.69) is 0 Å². The molecule has 7 heteroatoms. The van der Waals surface area contributed by atoms with Gasteiger partial charge in [-0.15, -0.1) is 11.3 Å². The van der Waals surface area contributed by atoms with Crippen LogP contribution in [0, 0.1) is 11.8 Å². The fourth-order valence-corrected chi connectivity index (χ4v) is 5.79. The minimum absolute atomic E-state index is 0.218. The second-order valence-corrected chi connectivity index (χ2v) is 8.50. The lowest BCUT2D eigenvalue weighted by atomic mass is 9.85. The van der Waals surface area contributed by atoms with Gasteiger partial charge in [0.25, 0.3) is 0 Å². The number of allylic oxidation sites excluding steroid dienone is 2. The predicted molar refractivity (Wildman–Crippen MR) is 99.6 cm³/mol. The second-order valence-electron chi connectivity index (χ2n) is 6.93. The van der Waals surface area contributed by atoms with Gasteiger partial charge in [-0.3, -0.25) is 9.59 Å². The van der Waals surface area contributed by atoms with E-state index < -0.39 is 11.9 Å². The van der Waals surface area contributed by atoms with Gasteiger partial charge in [-0.2, -0.15) is 0 Å². The lowest BCUT2D eigenvalue weighted by Gasteiger charge is -2.17. The summed E-state index contributed by atoms with van der Waals surface area (Å²) in [6, 6.07) is 0. The Morgan fingerprint density at radius 2 is 2.00 bits per heavy atom. The Bertz CT molecular complexity index is 828. The van der Waals surface area contributed by atoms with Crippen LogP contribution >= 0.6 is 22.9 Å². The molecular weight excluding hydrogens is 374 g/mol. The molecule has 5 nitrogen and oxygen atoms in total. The van der Waals surface area contributed by atoms with E-state index in [0.29, 0.717) is 28.4 Å². The monoisotopic (exact) mass is 393 g/mol. The number of thiophene rings is 1. The number of amides is 2. The number of aryl methyl sites for hydroxylation is 1. The van der Waals surface area contributed by atoms with E-state index in [-0.39, 0.29) is 24.3 Å². The van der Waals surface area contributed by atoms with Crippen molar-refractivity contribution in [1.82, 2.24) is 0 Å². The number of hydrogen-bond acceptors (Lipinski definition) is 5. The maximum Gasteiger partial charge on any atom is 0.341 e. The molecule has 3 aliphatic rings. The van der Waals surface area contributed by atoms with Crippen LogP contribution in [0.15, 0.2) is 11.1 Å². The lowest BCUT2D eigenvalue weighted by molar-refractivity contribution is -0.122. The molecule has 0 radical (unpaired) electrons. The fraction of sp³-hybridized carbons (Fsp3) is 0.526. The summed E-state index contributed by atoms with van der Waals surface area (Å²) in [4.78, 5) is 41.0. The van der Waals surface area contributed by atoms with Gasteiger partial charge in [0.1, 0.15) is 5.00 Å². The van der Waals surface area contributed by atoms with Crippen LogP contribution in [-0.2, 0) is 27.2 Å². The Kier molecular flexibility index (Phi) is 4.65. The molecule has 2 atom stereocenters. The molecule has 1 fully saturated rings. The fourth-order valence-electron chi connectivity index (χ4n) is 4.15. The first-order valence-electron chi connectivity index (χ1n) is 9.07. The summed E-state index contributed by atoms with van der Waals surface area (Å²) in [6.07, 6.45) is 6.42. The topological polar surface area (TPSA) is 63.7 Å². The van der Waals surface area contributed by atoms with Crippen molar-refractivity contribution in [3.05, 3.63) is 27.1 Å². The summed E-state index contributed by atoms with van der Waals surface area (Å²) in [5, 5.41) is 1.08. The first-order valence-corrected chi connectivity index (χ1v) is 10.3. The molecule has 0 saturated carbocycles. The van der Waals surface area contributed by atoms with Gasteiger partial charge < -0.3 is 4.74 Å². The van der Waals surface area contributed by atoms with Gasteiger partial charge in [-0.05, 0) is 51.0 Å². The van der Waals surface area contributed by atoms with Crippen molar-refractivity contribution in [2.24, 2.45) is 11.8 Å². The van der Waals surface area contributed by atoms with E-state index in [1.165, 1.54) is 16.2 Å². The highest BCUT2D eigenvalue weighted by Crippen LogP contribution is 2.46. The highest BCUT2D eigenvalue weighted by molar-refractivity contribution is 7.17. The van der Waals surface area contributed by atoms with Crippen LogP contribution in [0.5, 0.6) is 0 Å². The lowest BCUT2D eigenvalue weighted by Crippen LogP contribution is -2.31. The number of rotatable bonds is 3. The van der Waals surface area contributed by atoms with E-state index >= 15 is 0 Å². The number of imide groups is 1. The summed E-state index contributed by atoms with van der Waals surface area (Å²) < 4.78 is 5.25. The molecule has 0 aromatic carbocycles. The van der Waals surface area contributed by atoms with Crippen LogP contribution in [0.2, 0.25) is 0 Å². The van der Waals surface area contributed by atoms with Crippen molar-refractivity contribution in [1.29, 1.82) is 0 Å². The first-order chi connectivity index (χ1) is 12.5. The summed E-state index contributed by atoms with van der Waals surface area (Å²) in [5.41, 5.74) is 1.38. The zero-order chi connectivity index (χ0) is 18.4. The molecule has 4 rings (SSSR count). The zero-order valence-corrected chi connectivity index (χ0v) is 16.1. The van der Waals surface area contributed by atoms with E-state index in [1.807, 2.05) is 6.08 Å². The van der Waals surface area contributed by atoms with Gasteiger partial charge in [0.2, 0.25) is 11.8 Å². The number of esters is 1. The maximum absolute atomic E-state index is 13.0. The van der Waals surface area contributed by atoms with E-state index in [9.17, 15) is 14.4 Å². The Balaban J connectivity index is 1.78. The Morgan fingerprint density at radius 3 is 2.77 bits per heavy atom. The Labute approximate surface area is 161 Å². The van der Waals surface area contributed by atoms with Crippen LogP contribution < -0.4 is 4.90 Å². The highest BCUT2D eigenvalue weighted by Gasteiger charge is 2.50. The van der Waals surface area contributed by atoms with Crippen molar-refractivity contribution >= 4 is 45.7 Å². The largest absolute Gasteiger partial charge is 0.462 e. The van der Waals surface area contributed by atoms with Crippen LogP contribution in [-0.4, -0.2) is 24.4 Å². The normalized spacial score (nSPS) is 25.0. The highest BCUT2D eigenvalue weighted by atomic mass is 35.5. The Hall–Kier alpha value is -1.66. The molecule has 0 spiro atoms. The van der Waals surface area contributed by atoms with Crippen LogP contribution in [0.25, 0.3) is 0 Å². The van der Waals surface area contributed by atoms with Gasteiger partial charge in [0.15, 0.2) is 0 Å². The molecule has 138 valence electrons. The summed E-state index contributed by atoms with van der Waals surface area (Å²) in [5.74, 6) is -1.69. The molecule has 0 bridgehead atoms. The standard InChI is InChI=1S/C19H20ClNO4S/c1-2-25-19(24)15-12-5-3-4-6-14(12)26-18(15)21-16(22)11-8-7-10(20)9-13(11)17(21)23/h7,11,13H,2-6,8-9H2,1H3/t11-,13-/m0/s1. The molecule has 2 heterocycles. The third-order valence-electron chi connectivity index (χ3n) is 5.40. The van der Waals surface area contributed by atoms with Crippen molar-refractivity contribution < 1.29 is 19.1 Å². The number of anilines is 1. The average Bonchev–Trinajstić information content (AvgIpc) is 3.11. The van der Waals surface area contributed by atoms with E-state index in [4.69, 9.17) is 16.3 Å². The number of halogens is 1. The molecular formula is C19H20ClNO4S. The molecule has 0 N–H and O–H groups in total. The number of fused-ring (bicyclic) bond motifs is 2. The molecule has 0 unspecified atom stereocenters. The van der Waals surface area contributed by atoms with Gasteiger partial charge >= 0.3 is 5.97 Å². The second kappa shape index (κ2) is 6.82. The average molecular weight is 394 g/mol. The predicted octanol–water partition coefficient (Wildman–Crippen LogP) is 3.83. The van der Waals surface area contributed by atoms with E-state index in [0.717, 1.165) is 36.1 Å². The van der Waals surface area contributed by atoms with Crippen molar-refractivity contribution in [2.75, 3.05) is 11.5 Å². The van der Waals surface area contributed by atoms with Crippen molar-refractivity contribution in [3.8, 4) is 0 Å². The van der Waals surface area contributed by atoms with Crippen LogP contribution in [0.4, 0.5) is 5.00 Å². The zero-order valence-electron chi connectivity index (χ0n) is 14.5. The molecule has 1 aliphatic heterocycles. The third kappa shape index (κ3) is 2.70. The summed E-state index contributed by atoms with van der Waals surface area (Å²) in [7, 11) is 0. The van der Waals surface area contributed by atoms with Crippen LogP contribution in [0.1, 0.15) is 53.4 Å². The minimum Gasteiger partial charge on any atom is -0.462 e. The third-order valence-corrected chi connectivity index (χ3v) is 6.99. The minimum atomic E-state index is -0.437. The number of hydrogen-bond donors (Lipinski definition) is 0. The van der Waals surface area contributed by atoms with Gasteiger partial charge in [-0.1, -0.05) is 17.7 Å². The van der Waals surface area contributed by atoms with Gasteiger partial charge in [-0.25, -0.2) is 9.69 Å². The SMILES string of the molecule is CCOC(=O)c1c(N2C(=O)[C@H]3CC=C(Cl)C[C@@H]3C2=O)sc2c1CCCC2. The smallest absolute Gasteiger partial charge is 0.341 e. The number of carbonyl (C=O) groups excluding carboxylic acids is 3. The molecule has 1 saturated heterocycles. The molecule has 26 heavy (non-hydrogen) atoms. The van der Waals surface area contributed by atoms with E-state index in [1.54, 1.807) is 6.92 Å². The van der Waals surface area contributed by atoms with Crippen molar-refractivity contribution in [3.63, 3.8) is 0 Å². The Morgan fingerprint density at radius 1 is 1.27 bits per heavy atom. The molecule has 2 aliphatic carbocycles. The van der Waals surface area contributed by atoms with Crippen LogP contribution in [0.3, 0.4) is 0 Å². The number of ether oxygens (including phenoxy) is 1. The molecule has 2 amide bonds. The summed E-state index contributed by atoms with van der Waals surface area (Å²) in [6.45, 7) is 2.01. The molecule has 1 aromatic heterocycles. The van der Waals surface area contributed by atoms with Crippen molar-refractivity contribution in [2.45, 2.75) is 45.4 Å². The summed E-state index contributed by atoms with van der Waals surface area (Å²) >= 11 is 7.50. The number of nitrogens with zero attached hydrogens (tertiary/aromatic N) is 1. The molecule has 1 aromatic rings. The first kappa shape index (κ1) is 17.7. The quantitative estimate of drug-likeness (QED) is 0.578. The number of carbonyl (C=O) groups is 3. The van der Waals surface area contributed by atoms with Gasteiger partial charge in [0.05, 0.1) is 24.0 Å². The van der Waals surface area contributed by atoms with Gasteiger partial charge in [0, 0.05) is 9.91 Å². The maximum atomic E-state index is 13.0.